The molecule has 3 rings (SSSR count). The minimum Gasteiger partial charge on any atom is -0.496 e. The topological polar surface area (TPSA) is 61.9 Å². The lowest BCUT2D eigenvalue weighted by atomic mass is 10.1. The Bertz CT molecular complexity index is 883. The summed E-state index contributed by atoms with van der Waals surface area (Å²) in [6, 6.07) is 10.0. The highest BCUT2D eigenvalue weighted by molar-refractivity contribution is 5.96. The summed E-state index contributed by atoms with van der Waals surface area (Å²) in [7, 11) is 1.54. The van der Waals surface area contributed by atoms with Crippen LogP contribution in [0.5, 0.6) is 5.75 Å². The SMILES string of the molecule is COc1ccc(F)cc1CN1CCN(C(=O)CNC(=O)c2ccccc2F)CC1. The molecule has 0 bridgehead atoms. The number of rotatable bonds is 6. The van der Waals surface area contributed by atoms with Crippen molar-refractivity contribution < 1.29 is 23.1 Å². The molecule has 1 fully saturated rings. The van der Waals surface area contributed by atoms with E-state index in [1.54, 1.807) is 24.1 Å². The van der Waals surface area contributed by atoms with Crippen LogP contribution in [0.15, 0.2) is 42.5 Å². The van der Waals surface area contributed by atoms with Gasteiger partial charge in [0.05, 0.1) is 19.2 Å². The van der Waals surface area contributed by atoms with Crippen molar-refractivity contribution in [3.63, 3.8) is 0 Å². The zero-order valence-corrected chi connectivity index (χ0v) is 16.2. The lowest BCUT2D eigenvalue weighted by molar-refractivity contribution is -0.131. The van der Waals surface area contributed by atoms with E-state index in [9.17, 15) is 18.4 Å². The van der Waals surface area contributed by atoms with Crippen molar-refractivity contribution in [3.8, 4) is 5.75 Å². The number of ether oxygens (including phenoxy) is 1. The number of carbonyl (C=O) groups is 2. The third-order valence-corrected chi connectivity index (χ3v) is 4.88. The molecular weight excluding hydrogens is 380 g/mol. The van der Waals surface area contributed by atoms with E-state index in [1.165, 1.54) is 30.3 Å². The summed E-state index contributed by atoms with van der Waals surface area (Å²) < 4.78 is 32.4. The fourth-order valence-electron chi connectivity index (χ4n) is 3.28. The Morgan fingerprint density at radius 1 is 1.07 bits per heavy atom. The van der Waals surface area contributed by atoms with Crippen LogP contribution in [0.2, 0.25) is 0 Å². The molecule has 29 heavy (non-hydrogen) atoms. The van der Waals surface area contributed by atoms with Gasteiger partial charge >= 0.3 is 0 Å². The fraction of sp³-hybridized carbons (Fsp3) is 0.333. The predicted octanol–water partition coefficient (Wildman–Crippen LogP) is 2.05. The summed E-state index contributed by atoms with van der Waals surface area (Å²) in [5.74, 6) is -1.16. The van der Waals surface area contributed by atoms with Gasteiger partial charge in [0, 0.05) is 38.3 Å². The Balaban J connectivity index is 1.48. The first-order valence-corrected chi connectivity index (χ1v) is 9.33. The number of carbonyl (C=O) groups excluding carboxylic acids is 2. The highest BCUT2D eigenvalue weighted by atomic mass is 19.1. The molecule has 2 aromatic carbocycles. The Kier molecular flexibility index (Phi) is 6.77. The summed E-state index contributed by atoms with van der Waals surface area (Å²) in [6.45, 7) is 2.55. The van der Waals surface area contributed by atoms with Gasteiger partial charge in [0.25, 0.3) is 5.91 Å². The van der Waals surface area contributed by atoms with E-state index in [2.05, 4.69) is 10.2 Å². The second-order valence-corrected chi connectivity index (χ2v) is 6.78. The Hall–Kier alpha value is -3.00. The summed E-state index contributed by atoms with van der Waals surface area (Å²) >= 11 is 0. The van der Waals surface area contributed by atoms with Crippen molar-refractivity contribution in [1.29, 1.82) is 0 Å². The Morgan fingerprint density at radius 2 is 1.79 bits per heavy atom. The molecule has 0 unspecified atom stereocenters. The van der Waals surface area contributed by atoms with Crippen LogP contribution in [0.25, 0.3) is 0 Å². The van der Waals surface area contributed by atoms with Crippen molar-refractivity contribution >= 4 is 11.8 Å². The van der Waals surface area contributed by atoms with Gasteiger partial charge in [-0.3, -0.25) is 14.5 Å². The first-order chi connectivity index (χ1) is 14.0. The van der Waals surface area contributed by atoms with Gasteiger partial charge in [-0.25, -0.2) is 8.78 Å². The molecular formula is C21H23F2N3O3. The van der Waals surface area contributed by atoms with Crippen LogP contribution >= 0.6 is 0 Å². The van der Waals surface area contributed by atoms with Crippen molar-refractivity contribution in [2.45, 2.75) is 6.54 Å². The minimum atomic E-state index is -0.626. The summed E-state index contributed by atoms with van der Waals surface area (Å²) in [5.41, 5.74) is 0.665. The average Bonchev–Trinajstić information content (AvgIpc) is 2.73. The van der Waals surface area contributed by atoms with E-state index in [4.69, 9.17) is 4.74 Å². The van der Waals surface area contributed by atoms with Gasteiger partial charge in [-0.1, -0.05) is 12.1 Å². The third kappa shape index (κ3) is 5.29. The molecule has 0 spiro atoms. The van der Waals surface area contributed by atoms with E-state index in [1.807, 2.05) is 0 Å². The van der Waals surface area contributed by atoms with Crippen molar-refractivity contribution in [1.82, 2.24) is 15.1 Å². The predicted molar refractivity (Wildman–Crippen MR) is 104 cm³/mol. The number of benzene rings is 2. The fourth-order valence-corrected chi connectivity index (χ4v) is 3.28. The molecule has 154 valence electrons. The number of nitrogens with zero attached hydrogens (tertiary/aromatic N) is 2. The number of nitrogens with one attached hydrogen (secondary N) is 1. The van der Waals surface area contributed by atoms with E-state index >= 15 is 0 Å². The highest BCUT2D eigenvalue weighted by Gasteiger charge is 2.22. The molecule has 1 heterocycles. The molecule has 2 aromatic rings. The number of halogens is 2. The molecule has 1 aliphatic heterocycles. The monoisotopic (exact) mass is 403 g/mol. The molecule has 0 saturated carbocycles. The normalized spacial score (nSPS) is 14.5. The smallest absolute Gasteiger partial charge is 0.254 e. The van der Waals surface area contributed by atoms with Gasteiger partial charge in [0.15, 0.2) is 0 Å². The first-order valence-electron chi connectivity index (χ1n) is 9.33. The van der Waals surface area contributed by atoms with Gasteiger partial charge < -0.3 is 15.0 Å². The first kappa shape index (κ1) is 20.7. The van der Waals surface area contributed by atoms with Crippen LogP contribution in [0.1, 0.15) is 15.9 Å². The van der Waals surface area contributed by atoms with E-state index in [0.29, 0.717) is 38.5 Å². The molecule has 1 N–H and O–H groups in total. The van der Waals surface area contributed by atoms with E-state index < -0.39 is 11.7 Å². The molecule has 1 aliphatic rings. The maximum absolute atomic E-state index is 13.6. The van der Waals surface area contributed by atoms with Crippen LogP contribution in [0.3, 0.4) is 0 Å². The maximum atomic E-state index is 13.6. The van der Waals surface area contributed by atoms with Crippen LogP contribution < -0.4 is 10.1 Å². The summed E-state index contributed by atoms with van der Waals surface area (Å²) in [5, 5.41) is 2.47. The lowest BCUT2D eigenvalue weighted by Gasteiger charge is -2.35. The standard InChI is InChI=1S/C21H23F2N3O3/c1-29-19-7-6-16(22)12-15(19)14-25-8-10-26(11-9-25)20(27)13-24-21(28)17-4-2-3-5-18(17)23/h2-7,12H,8-11,13-14H2,1H3,(H,24,28). The number of methoxy groups -OCH3 is 1. The molecule has 1 saturated heterocycles. The third-order valence-electron chi connectivity index (χ3n) is 4.88. The number of amides is 2. The van der Waals surface area contributed by atoms with Crippen LogP contribution in [0.4, 0.5) is 8.78 Å². The van der Waals surface area contributed by atoms with Crippen molar-refractivity contribution in [2.24, 2.45) is 0 Å². The van der Waals surface area contributed by atoms with Crippen molar-refractivity contribution in [2.75, 3.05) is 39.8 Å². The van der Waals surface area contributed by atoms with E-state index in [0.717, 1.165) is 5.56 Å². The van der Waals surface area contributed by atoms with Crippen molar-refractivity contribution in [3.05, 3.63) is 65.2 Å². The second-order valence-electron chi connectivity index (χ2n) is 6.78. The highest BCUT2D eigenvalue weighted by Crippen LogP contribution is 2.21. The number of hydrogen-bond acceptors (Lipinski definition) is 4. The lowest BCUT2D eigenvalue weighted by Crippen LogP contribution is -2.50. The number of piperazine rings is 1. The molecule has 0 atom stereocenters. The summed E-state index contributed by atoms with van der Waals surface area (Å²) in [4.78, 5) is 28.1. The molecule has 8 heteroatoms. The largest absolute Gasteiger partial charge is 0.496 e. The molecule has 0 aliphatic carbocycles. The Morgan fingerprint density at radius 3 is 2.48 bits per heavy atom. The zero-order valence-electron chi connectivity index (χ0n) is 16.2. The van der Waals surface area contributed by atoms with Crippen LogP contribution in [-0.2, 0) is 11.3 Å². The van der Waals surface area contributed by atoms with Crippen LogP contribution in [-0.4, -0.2) is 61.4 Å². The van der Waals surface area contributed by atoms with Gasteiger partial charge in [-0.05, 0) is 30.3 Å². The molecule has 0 aromatic heterocycles. The molecule has 6 nitrogen and oxygen atoms in total. The van der Waals surface area contributed by atoms with Gasteiger partial charge in [-0.15, -0.1) is 0 Å². The molecule has 2 amide bonds. The maximum Gasteiger partial charge on any atom is 0.254 e. The molecule has 0 radical (unpaired) electrons. The quantitative estimate of drug-likeness (QED) is 0.802. The van der Waals surface area contributed by atoms with Crippen LogP contribution in [0, 0.1) is 11.6 Å². The average molecular weight is 403 g/mol. The zero-order chi connectivity index (χ0) is 20.8. The van der Waals surface area contributed by atoms with E-state index in [-0.39, 0.29) is 23.8 Å². The Labute approximate surface area is 168 Å². The second kappa shape index (κ2) is 9.47. The van der Waals surface area contributed by atoms with Gasteiger partial charge in [-0.2, -0.15) is 0 Å². The number of hydrogen-bond donors (Lipinski definition) is 1. The minimum absolute atomic E-state index is 0.0887. The summed E-state index contributed by atoms with van der Waals surface area (Å²) in [6.07, 6.45) is 0. The van der Waals surface area contributed by atoms with Gasteiger partial charge in [0.1, 0.15) is 17.4 Å². The van der Waals surface area contributed by atoms with Gasteiger partial charge in [0.2, 0.25) is 5.91 Å².